The van der Waals surface area contributed by atoms with Crippen LogP contribution >= 0.6 is 46.9 Å². The Morgan fingerprint density at radius 1 is 0.595 bits per heavy atom. The largest absolute Gasteiger partial charge is 0.490 e. The number of Topliss-reactive ketones (excluding diaryl/α,β-unsaturated/α-hetero) is 4. The number of carbonyl (C=O) groups excluding carboxylic acids is 6. The molecule has 4 aromatic rings. The number of anilines is 1. The highest BCUT2D eigenvalue weighted by molar-refractivity contribution is 7.67. The molecular weight excluding hydrogens is 1680 g/mol. The number of ketones is 4. The lowest BCUT2D eigenvalue weighted by atomic mass is 10.0. The molecule has 644 valence electrons. The van der Waals surface area contributed by atoms with Gasteiger partial charge < -0.3 is 112 Å². The number of hydrogen-bond acceptors (Lipinski definition) is 33. The van der Waals surface area contributed by atoms with Crippen LogP contribution in [0.3, 0.4) is 0 Å². The highest BCUT2D eigenvalue weighted by Gasteiger charge is 2.46. The summed E-state index contributed by atoms with van der Waals surface area (Å²) in [6.07, 6.45) is 4.53. The fourth-order valence-corrected chi connectivity index (χ4v) is 16.1. The van der Waals surface area contributed by atoms with Crippen molar-refractivity contribution >= 4 is 99.9 Å². The quantitative estimate of drug-likeness (QED) is 0.0128. The van der Waals surface area contributed by atoms with Crippen LogP contribution in [0.4, 0.5) is 5.82 Å². The van der Waals surface area contributed by atoms with Gasteiger partial charge in [-0.2, -0.15) is 22.2 Å². The number of phosphoric acid groups is 6. The summed E-state index contributed by atoms with van der Waals surface area (Å²) in [6.45, 7) is 7.34. The predicted octanol–water partition coefficient (Wildman–Crippen LogP) is 4.05. The molecule has 2 amide bonds. The second-order valence-corrected chi connectivity index (χ2v) is 33.2. The van der Waals surface area contributed by atoms with Gasteiger partial charge in [0.05, 0.1) is 44.2 Å². The molecule has 2 aliphatic heterocycles. The second kappa shape index (κ2) is 47.3. The van der Waals surface area contributed by atoms with E-state index >= 15 is 0 Å². The van der Waals surface area contributed by atoms with Crippen LogP contribution in [0.1, 0.15) is 110 Å². The fraction of sp³-hybridized carbons (Fsp3) is 0.469. The zero-order chi connectivity index (χ0) is 86.2. The van der Waals surface area contributed by atoms with Crippen LogP contribution in [0.2, 0.25) is 0 Å². The summed E-state index contributed by atoms with van der Waals surface area (Å²) in [5, 5.41) is 5.17. The molecule has 13 N–H and O–H groups in total. The third-order valence-corrected chi connectivity index (χ3v) is 22.8. The number of nitrogens with two attached hydrogens (primary N) is 1. The highest BCUT2D eigenvalue weighted by atomic mass is 31.3. The number of aromatic nitrogens is 4. The van der Waals surface area contributed by atoms with Gasteiger partial charge in [0.25, 0.3) is 5.56 Å². The molecular formula is C64H89N7O39P6. The molecule has 2 aliphatic rings. The Morgan fingerprint density at radius 2 is 1.01 bits per heavy atom. The lowest BCUT2D eigenvalue weighted by molar-refractivity contribution is -0.162. The fourth-order valence-electron chi connectivity index (χ4n) is 10.1. The smallest absolute Gasteiger partial charge is 0.488 e. The van der Waals surface area contributed by atoms with Gasteiger partial charge >= 0.3 is 58.3 Å². The first-order valence-electron chi connectivity index (χ1n) is 34.1. The van der Waals surface area contributed by atoms with Gasteiger partial charge in [-0.25, -0.2) is 37.0 Å². The molecule has 46 nitrogen and oxygen atoms in total. The van der Waals surface area contributed by atoms with Crippen molar-refractivity contribution in [2.45, 2.75) is 115 Å². The normalized spacial score (nSPS) is 19.6. The number of phosphoric ester groups is 2. The number of hydrogen-bond donors (Lipinski definition) is 12. The summed E-state index contributed by atoms with van der Waals surface area (Å²) in [6, 6.07) is 13.0. The van der Waals surface area contributed by atoms with E-state index in [1.54, 1.807) is 48.5 Å². The SMILES string of the molecule is C=CCOC(COc1cccc(C(=O)CCCC(C)=O)c1)OCC(=O)NC/C=C/c1cn(C2C[C@H](OC)C(COP(=O)(O)OP(=O)(O)OP(=O)(O)O)O2)c(=O)[nH]c1=O.C=CCOC(COc1cccc(C(=O)CCCC(C)=O)c1)OCC(=O)NC/C=C/c1cn(C2C[C@H](OC)C(COP(=O)(O)OP(=O)(O)OP(=O)(O)O)O2)c(=O)nc1N. The van der Waals surface area contributed by atoms with Crippen LogP contribution < -0.4 is 42.8 Å². The summed E-state index contributed by atoms with van der Waals surface area (Å²) < 4.78 is 151. The molecule has 2 aromatic heterocycles. The number of nitrogen functional groups attached to an aromatic ring is 1. The third-order valence-electron chi connectivity index (χ3n) is 15.2. The monoisotopic (exact) mass is 1770 g/mol. The van der Waals surface area contributed by atoms with E-state index in [0.29, 0.717) is 48.3 Å². The molecule has 2 fully saturated rings. The van der Waals surface area contributed by atoms with E-state index in [9.17, 15) is 90.1 Å². The number of carbonyl (C=O) groups is 6. The van der Waals surface area contributed by atoms with E-state index in [4.69, 9.17) is 72.7 Å². The lowest BCUT2D eigenvalue weighted by Crippen LogP contribution is -2.34. The molecule has 0 aliphatic carbocycles. The maximum Gasteiger partial charge on any atom is 0.490 e. The van der Waals surface area contributed by atoms with Crippen LogP contribution in [0.5, 0.6) is 11.5 Å². The number of amides is 2. The van der Waals surface area contributed by atoms with E-state index in [0.717, 1.165) is 15.3 Å². The summed E-state index contributed by atoms with van der Waals surface area (Å²) in [7, 11) is -31.1. The summed E-state index contributed by atoms with van der Waals surface area (Å²) >= 11 is 0. The minimum atomic E-state index is -5.76. The van der Waals surface area contributed by atoms with Gasteiger partial charge in [0.15, 0.2) is 24.1 Å². The Hall–Kier alpha value is -7.52. The van der Waals surface area contributed by atoms with Gasteiger partial charge in [0, 0.05) is 94.9 Å². The molecule has 116 heavy (non-hydrogen) atoms. The Labute approximate surface area is 660 Å². The average Bonchev–Trinajstić information content (AvgIpc) is 1.61. The number of H-pyrrole nitrogens is 1. The molecule has 10 unspecified atom stereocenters. The van der Waals surface area contributed by atoms with Crippen LogP contribution in [0, 0.1) is 0 Å². The molecule has 2 saturated heterocycles. The van der Waals surface area contributed by atoms with Crippen LogP contribution in [0.25, 0.3) is 12.2 Å². The molecule has 0 bridgehead atoms. The summed E-state index contributed by atoms with van der Waals surface area (Å²) in [5.41, 5.74) is 4.42. The molecule has 6 rings (SSSR count). The second-order valence-electron chi connectivity index (χ2n) is 24.3. The van der Waals surface area contributed by atoms with Crippen molar-refractivity contribution < 1.29 is 169 Å². The predicted molar refractivity (Wildman–Crippen MR) is 400 cm³/mol. The van der Waals surface area contributed by atoms with Crippen molar-refractivity contribution in [2.75, 3.05) is 85.9 Å². The molecule has 52 heteroatoms. The van der Waals surface area contributed by atoms with Crippen LogP contribution in [-0.2, 0) is 111 Å². The molecule has 2 aromatic carbocycles. The molecule has 0 radical (unpaired) electrons. The zero-order valence-corrected chi connectivity index (χ0v) is 67.7. The van der Waals surface area contributed by atoms with E-state index in [2.05, 4.69) is 60.0 Å². The van der Waals surface area contributed by atoms with Crippen molar-refractivity contribution in [1.29, 1.82) is 0 Å². The average molecular weight is 1770 g/mol. The lowest BCUT2D eigenvalue weighted by Gasteiger charge is -2.20. The number of nitrogens with zero attached hydrogens (tertiary/aromatic N) is 3. The van der Waals surface area contributed by atoms with Gasteiger partial charge in [-0.15, -0.1) is 13.2 Å². The first-order chi connectivity index (χ1) is 54.4. The maximum absolute atomic E-state index is 12.7. The van der Waals surface area contributed by atoms with Gasteiger partial charge in [0.2, 0.25) is 11.8 Å². The van der Waals surface area contributed by atoms with Crippen molar-refractivity contribution in [3.63, 3.8) is 0 Å². The number of rotatable bonds is 52. The molecule has 0 spiro atoms. The summed E-state index contributed by atoms with van der Waals surface area (Å²) in [5.74, 6) is -0.813. The Balaban J connectivity index is 0.000000414. The van der Waals surface area contributed by atoms with Crippen molar-refractivity contribution in [1.82, 2.24) is 29.7 Å². The Bertz CT molecular complexity index is 4600. The topological polar surface area (TPSA) is 654 Å². The first-order valence-corrected chi connectivity index (χ1v) is 43.2. The van der Waals surface area contributed by atoms with E-state index < -0.39 is 152 Å². The minimum absolute atomic E-state index is 0.000409. The standard InChI is InChI=1S/C32H45N4O19P3.C32H44N3O20P3/c1-4-14-49-30(20-50-24-11-6-9-22(15-24)25(38)12-5-8-21(2)37)51-19-28(39)34-13-7-10-23-17-36(32(40)35-31(23)33)29-16-26(48-3)27(53-29)18-52-57(44,45)55-58(46,47)54-56(41,42)43;1-4-14-49-30(20-50-24-11-6-9-22(15-24)25(37)12-5-8-21(2)36)51-19-28(38)33-13-7-10-23-17-35(32(40)34-31(23)39)29-16-26(48-3)27(53-29)18-52-57(44,45)55-58(46,47)54-56(41,42)43/h4,6-7,9-11,15,17,26-27,29-30H,1,5,8,12-14,16,18-20H2,2-3H3,(H,34,39)(H,44,45)(H,46,47)(H2,33,35,40)(H2,41,42,43);4,6-7,9-11,15,17,26-27,29-30H,1,5,8,12-14,16,18-20H2,2-3H3,(H,33,38)(H,44,45)(H,46,47)(H,34,39,40)(H2,41,42,43)/b2*10-7+/t2*26-,27?,29?,30?/m00/s1. The van der Waals surface area contributed by atoms with Crippen LogP contribution in [-0.4, -0.2) is 210 Å². The van der Waals surface area contributed by atoms with Gasteiger partial charge in [-0.1, -0.05) is 60.7 Å². The number of methoxy groups -OCH3 is 2. The Morgan fingerprint density at radius 3 is 1.41 bits per heavy atom. The van der Waals surface area contributed by atoms with Gasteiger partial charge in [-0.3, -0.25) is 47.1 Å². The Kier molecular flexibility index (Phi) is 40.4. The third kappa shape index (κ3) is 37.2. The zero-order valence-electron chi connectivity index (χ0n) is 62.3. The first kappa shape index (κ1) is 99.0. The van der Waals surface area contributed by atoms with Crippen molar-refractivity contribution in [3.05, 3.63) is 152 Å². The molecule has 4 heterocycles. The maximum atomic E-state index is 12.7. The van der Waals surface area contributed by atoms with Crippen molar-refractivity contribution in [2.24, 2.45) is 0 Å². The minimum Gasteiger partial charge on any atom is -0.488 e. The van der Waals surface area contributed by atoms with Crippen LogP contribution in [0.15, 0.2) is 113 Å². The molecule has 12 atom stereocenters. The van der Waals surface area contributed by atoms with E-state index in [1.165, 1.54) is 70.7 Å². The van der Waals surface area contributed by atoms with Gasteiger partial charge in [0.1, 0.15) is 80.0 Å². The number of nitrogens with one attached hydrogen (secondary N) is 3. The number of benzene rings is 2. The molecule has 0 saturated carbocycles. The highest BCUT2D eigenvalue weighted by Crippen LogP contribution is 2.67. The van der Waals surface area contributed by atoms with E-state index in [1.807, 2.05) is 0 Å². The number of ether oxygens (including phenoxy) is 10. The van der Waals surface area contributed by atoms with Crippen molar-refractivity contribution in [3.8, 4) is 11.5 Å². The van der Waals surface area contributed by atoms with E-state index in [-0.39, 0.29) is 105 Å². The number of aromatic amines is 1. The summed E-state index contributed by atoms with van der Waals surface area (Å²) in [4.78, 5) is 189. The van der Waals surface area contributed by atoms with Gasteiger partial charge in [-0.05, 0) is 51.0 Å².